The molecule has 0 spiro atoms. The largest absolute Gasteiger partial charge is 0.490 e. The van der Waals surface area contributed by atoms with Gasteiger partial charge in [-0.3, -0.25) is 9.69 Å². The molecule has 1 aliphatic carbocycles. The van der Waals surface area contributed by atoms with Gasteiger partial charge in [0, 0.05) is 36.8 Å². The fourth-order valence-corrected chi connectivity index (χ4v) is 6.35. The lowest BCUT2D eigenvalue weighted by Crippen LogP contribution is -2.36. The summed E-state index contributed by atoms with van der Waals surface area (Å²) in [6.45, 7) is 1.20. The van der Waals surface area contributed by atoms with Crippen molar-refractivity contribution in [2.45, 2.75) is 44.4 Å². The van der Waals surface area contributed by atoms with Gasteiger partial charge in [0.2, 0.25) is 5.43 Å². The molecule has 12 heteroatoms. The highest BCUT2D eigenvalue weighted by Gasteiger charge is 2.33. The molecule has 250 valence electrons. The third kappa shape index (κ3) is 6.44. The number of pyridine rings is 1. The topological polar surface area (TPSA) is 111 Å². The van der Waals surface area contributed by atoms with Crippen molar-refractivity contribution in [1.82, 2.24) is 4.57 Å². The van der Waals surface area contributed by atoms with Gasteiger partial charge in [-0.1, -0.05) is 30.3 Å². The molecule has 1 atom stereocenters. The quantitative estimate of drug-likeness (QED) is 0.220. The van der Waals surface area contributed by atoms with Gasteiger partial charge in [-0.25, -0.2) is 18.4 Å². The highest BCUT2D eigenvalue weighted by Crippen LogP contribution is 2.39. The van der Waals surface area contributed by atoms with E-state index in [0.717, 1.165) is 18.4 Å². The van der Waals surface area contributed by atoms with Gasteiger partial charge in [0.05, 0.1) is 36.6 Å². The van der Waals surface area contributed by atoms with Crippen LogP contribution in [0.5, 0.6) is 5.75 Å². The number of cyclic esters (lactones) is 1. The standard InChI is InChI=1S/C36H35F2N3O7/c37-29-15-27-31(40(24-6-7-24)18-28(34(27)43)35(44)47-21-22-4-2-1-3-5-22)16-32(29)39-12-10-23(11-13-39)20-46-33-9-8-25(14-30(33)38)41-17-26(19-42)48-36(41)45/h1-5,8-9,14-16,18,23-24,26,42H,6-7,10-13,17,19-21H2. The Morgan fingerprint density at radius 3 is 2.42 bits per heavy atom. The van der Waals surface area contributed by atoms with Crippen molar-refractivity contribution in [3.8, 4) is 5.75 Å². The number of halogens is 2. The number of carbonyl (C=O) groups is 2. The van der Waals surface area contributed by atoms with Crippen molar-refractivity contribution in [3.63, 3.8) is 0 Å². The molecule has 1 unspecified atom stereocenters. The summed E-state index contributed by atoms with van der Waals surface area (Å²) in [5.41, 5.74) is 1.41. The van der Waals surface area contributed by atoms with Gasteiger partial charge in [-0.2, -0.15) is 0 Å². The summed E-state index contributed by atoms with van der Waals surface area (Å²) in [5.74, 6) is -1.72. The van der Waals surface area contributed by atoms with E-state index in [1.165, 1.54) is 23.1 Å². The highest BCUT2D eigenvalue weighted by atomic mass is 19.1. The van der Waals surface area contributed by atoms with Gasteiger partial charge in [0.1, 0.15) is 24.1 Å². The van der Waals surface area contributed by atoms with Crippen LogP contribution >= 0.6 is 0 Å². The zero-order valence-electron chi connectivity index (χ0n) is 26.1. The predicted octanol–water partition coefficient (Wildman–Crippen LogP) is 5.58. The second-order valence-electron chi connectivity index (χ2n) is 12.5. The van der Waals surface area contributed by atoms with Crippen molar-refractivity contribution in [2.75, 3.05) is 42.6 Å². The van der Waals surface area contributed by atoms with E-state index in [1.807, 2.05) is 39.8 Å². The molecule has 1 saturated carbocycles. The second kappa shape index (κ2) is 13.3. The van der Waals surface area contributed by atoms with Crippen LogP contribution in [0.25, 0.3) is 10.9 Å². The number of ether oxygens (including phenoxy) is 3. The molecule has 0 bridgehead atoms. The first-order chi connectivity index (χ1) is 23.3. The minimum absolute atomic E-state index is 0.0271. The molecule has 3 fully saturated rings. The first-order valence-corrected chi connectivity index (χ1v) is 16.1. The van der Waals surface area contributed by atoms with E-state index >= 15 is 4.39 Å². The maximum Gasteiger partial charge on any atom is 0.414 e. The molecule has 48 heavy (non-hydrogen) atoms. The monoisotopic (exact) mass is 659 g/mol. The Labute approximate surface area is 275 Å². The molecule has 7 rings (SSSR count). The summed E-state index contributed by atoms with van der Waals surface area (Å²) in [6, 6.07) is 16.5. The molecule has 4 aromatic rings. The molecule has 1 N–H and O–H groups in total. The minimum Gasteiger partial charge on any atom is -0.490 e. The predicted molar refractivity (Wildman–Crippen MR) is 174 cm³/mol. The van der Waals surface area contributed by atoms with E-state index in [2.05, 4.69) is 0 Å². The number of hydrogen-bond donors (Lipinski definition) is 1. The van der Waals surface area contributed by atoms with Crippen LogP contribution in [0.4, 0.5) is 25.0 Å². The fraction of sp³-hybridized carbons (Fsp3) is 0.361. The molecule has 10 nitrogen and oxygen atoms in total. The number of esters is 1. The van der Waals surface area contributed by atoms with Crippen molar-refractivity contribution in [3.05, 3.63) is 99.8 Å². The van der Waals surface area contributed by atoms with Crippen LogP contribution in [0.1, 0.15) is 47.6 Å². The minimum atomic E-state index is -0.739. The van der Waals surface area contributed by atoms with E-state index in [-0.39, 0.29) is 55.0 Å². The Hall–Kier alpha value is -4.97. The number of carbonyl (C=O) groups excluding carboxylic acids is 2. The van der Waals surface area contributed by atoms with E-state index < -0.39 is 35.2 Å². The number of piperidine rings is 1. The Kier molecular flexibility index (Phi) is 8.74. The van der Waals surface area contributed by atoms with E-state index in [9.17, 15) is 23.9 Å². The van der Waals surface area contributed by atoms with Gasteiger partial charge < -0.3 is 28.8 Å². The number of rotatable bonds is 10. The molecule has 3 aliphatic rings. The van der Waals surface area contributed by atoms with Gasteiger partial charge in [-0.15, -0.1) is 0 Å². The van der Waals surface area contributed by atoms with Crippen LogP contribution in [-0.4, -0.2) is 60.7 Å². The zero-order valence-corrected chi connectivity index (χ0v) is 26.1. The molecule has 1 amide bonds. The number of aliphatic hydroxyl groups excluding tert-OH is 1. The summed E-state index contributed by atoms with van der Waals surface area (Å²) < 4.78 is 48.7. The number of aliphatic hydroxyl groups is 1. The molecule has 3 heterocycles. The highest BCUT2D eigenvalue weighted by molar-refractivity contribution is 5.95. The molecule has 1 aromatic heterocycles. The van der Waals surface area contributed by atoms with Crippen LogP contribution in [0.15, 0.2) is 71.7 Å². The maximum absolute atomic E-state index is 15.6. The number of anilines is 2. The number of amides is 1. The van der Waals surface area contributed by atoms with Crippen LogP contribution in [0.2, 0.25) is 0 Å². The van der Waals surface area contributed by atoms with Crippen LogP contribution in [-0.2, 0) is 16.1 Å². The van der Waals surface area contributed by atoms with Gasteiger partial charge >= 0.3 is 12.1 Å². The summed E-state index contributed by atoms with van der Waals surface area (Å²) >= 11 is 0. The Morgan fingerprint density at radius 1 is 0.958 bits per heavy atom. The first-order valence-electron chi connectivity index (χ1n) is 16.1. The average Bonchev–Trinajstić information content (AvgIpc) is 3.88. The van der Waals surface area contributed by atoms with Crippen LogP contribution in [0, 0.1) is 17.6 Å². The SMILES string of the molecule is O=C(OCc1ccccc1)c1cn(C2CC2)c2cc(N3CCC(COc4ccc(N5CC(CO)OC5=O)cc4F)CC3)c(F)cc2c1=O. The Bertz CT molecular complexity index is 1910. The summed E-state index contributed by atoms with van der Waals surface area (Å²) in [7, 11) is 0. The molecule has 3 aromatic carbocycles. The Morgan fingerprint density at radius 2 is 1.73 bits per heavy atom. The van der Waals surface area contributed by atoms with Gasteiger partial charge in [0.15, 0.2) is 11.6 Å². The lowest BCUT2D eigenvalue weighted by atomic mass is 9.97. The van der Waals surface area contributed by atoms with Crippen molar-refractivity contribution < 1.29 is 37.7 Å². The van der Waals surface area contributed by atoms with E-state index in [1.54, 1.807) is 18.3 Å². The van der Waals surface area contributed by atoms with Crippen LogP contribution in [0.3, 0.4) is 0 Å². The molecule has 2 saturated heterocycles. The van der Waals surface area contributed by atoms with Gasteiger partial charge in [-0.05, 0) is 61.4 Å². The number of benzene rings is 3. The first kappa shape index (κ1) is 31.6. The number of fused-ring (bicyclic) bond motifs is 1. The normalized spacial score (nSPS) is 18.3. The van der Waals surface area contributed by atoms with Crippen molar-refractivity contribution in [1.29, 1.82) is 0 Å². The lowest BCUT2D eigenvalue weighted by molar-refractivity contribution is 0.0470. The number of nitrogens with zero attached hydrogens (tertiary/aromatic N) is 3. The molecule has 0 radical (unpaired) electrons. The van der Waals surface area contributed by atoms with Crippen LogP contribution < -0.4 is 20.0 Å². The molecular weight excluding hydrogens is 624 g/mol. The second-order valence-corrected chi connectivity index (χ2v) is 12.5. The van der Waals surface area contributed by atoms with Gasteiger partial charge in [0.25, 0.3) is 0 Å². The summed E-state index contributed by atoms with van der Waals surface area (Å²) in [6.07, 6.45) is 3.41. The molecular formula is C36H35F2N3O7. The maximum atomic E-state index is 15.6. The number of aromatic nitrogens is 1. The summed E-state index contributed by atoms with van der Waals surface area (Å²) in [5, 5.41) is 9.39. The van der Waals surface area contributed by atoms with E-state index in [0.29, 0.717) is 42.8 Å². The third-order valence-corrected chi connectivity index (χ3v) is 9.21. The smallest absolute Gasteiger partial charge is 0.414 e. The van der Waals surface area contributed by atoms with Crippen molar-refractivity contribution >= 4 is 34.3 Å². The third-order valence-electron chi connectivity index (χ3n) is 9.21. The Balaban J connectivity index is 1.01. The van der Waals surface area contributed by atoms with Crippen molar-refractivity contribution in [2.24, 2.45) is 5.92 Å². The number of hydrogen-bond acceptors (Lipinski definition) is 8. The summed E-state index contributed by atoms with van der Waals surface area (Å²) in [4.78, 5) is 41.6. The fourth-order valence-electron chi connectivity index (χ4n) is 6.35. The lowest BCUT2D eigenvalue weighted by Gasteiger charge is -2.34. The average molecular weight is 660 g/mol. The van der Waals surface area contributed by atoms with E-state index in [4.69, 9.17) is 14.2 Å². The molecule has 2 aliphatic heterocycles. The zero-order chi connectivity index (χ0) is 33.4.